The molecule has 0 aromatic carbocycles. The van der Waals surface area contributed by atoms with Gasteiger partial charge in [-0.2, -0.15) is 0 Å². The molecule has 0 radical (unpaired) electrons. The van der Waals surface area contributed by atoms with Gasteiger partial charge in [-0.25, -0.2) is 0 Å². The average Bonchev–Trinajstić information content (AvgIpc) is 2.56. The first-order valence-electron chi connectivity index (χ1n) is 10.7. The lowest BCUT2D eigenvalue weighted by molar-refractivity contribution is -0.164. The van der Waals surface area contributed by atoms with E-state index >= 15 is 0 Å². The van der Waals surface area contributed by atoms with Crippen molar-refractivity contribution >= 4 is 11.9 Å². The zero-order valence-corrected chi connectivity index (χ0v) is 17.3. The molecule has 0 spiro atoms. The predicted molar refractivity (Wildman–Crippen MR) is 105 cm³/mol. The van der Waals surface area contributed by atoms with Gasteiger partial charge >= 0.3 is 11.9 Å². The zero-order valence-electron chi connectivity index (χ0n) is 17.3. The molecule has 3 atom stereocenters. The van der Waals surface area contributed by atoms with E-state index in [2.05, 4.69) is 27.7 Å². The first-order chi connectivity index (χ1) is 12.3. The number of unbranched alkanes of at least 4 members (excludes halogenated alkanes) is 3. The van der Waals surface area contributed by atoms with Gasteiger partial charge in [-0.1, -0.05) is 66.2 Å². The number of carboxylic acid groups (broad SMARTS) is 1. The van der Waals surface area contributed by atoms with E-state index in [4.69, 9.17) is 4.74 Å². The Kier molecular flexibility index (Phi) is 10.9. The third-order valence-electron chi connectivity index (χ3n) is 5.46. The number of hydrogen-bond acceptors (Lipinski definition) is 3. The Hall–Kier alpha value is -1.06. The van der Waals surface area contributed by atoms with E-state index < -0.39 is 17.8 Å². The normalized spacial score (nSPS) is 21.8. The van der Waals surface area contributed by atoms with Crippen molar-refractivity contribution < 1.29 is 19.4 Å². The Morgan fingerprint density at radius 1 is 0.885 bits per heavy atom. The maximum absolute atomic E-state index is 12.6. The van der Waals surface area contributed by atoms with Crippen LogP contribution in [0, 0.1) is 23.7 Å². The van der Waals surface area contributed by atoms with Crippen molar-refractivity contribution in [3.8, 4) is 0 Å². The highest BCUT2D eigenvalue weighted by Gasteiger charge is 2.37. The molecule has 0 amide bonds. The predicted octanol–water partition coefficient (Wildman–Crippen LogP) is 5.83. The molecular formula is C22H40O4. The minimum atomic E-state index is -0.850. The lowest BCUT2D eigenvalue weighted by Gasteiger charge is -2.29. The van der Waals surface area contributed by atoms with Crippen molar-refractivity contribution in [3.05, 3.63) is 0 Å². The molecule has 0 aromatic heterocycles. The SMILES string of the molecule is CC(C)CCCCCCC(CC(C)C)OC(=O)C1CCCCC1C(=O)O. The first-order valence-corrected chi connectivity index (χ1v) is 10.7. The maximum atomic E-state index is 12.6. The molecular weight excluding hydrogens is 328 g/mol. The van der Waals surface area contributed by atoms with E-state index in [0.717, 1.165) is 38.0 Å². The van der Waals surface area contributed by atoms with Crippen molar-refractivity contribution in [2.75, 3.05) is 0 Å². The summed E-state index contributed by atoms with van der Waals surface area (Å²) in [6, 6.07) is 0. The van der Waals surface area contributed by atoms with Gasteiger partial charge in [-0.05, 0) is 43.9 Å². The van der Waals surface area contributed by atoms with Crippen molar-refractivity contribution in [1.29, 1.82) is 0 Å². The molecule has 0 aromatic rings. The van der Waals surface area contributed by atoms with Crippen LogP contribution in [-0.2, 0) is 14.3 Å². The number of ether oxygens (including phenoxy) is 1. The van der Waals surface area contributed by atoms with Gasteiger partial charge < -0.3 is 9.84 Å². The molecule has 4 nitrogen and oxygen atoms in total. The first kappa shape index (κ1) is 23.0. The lowest BCUT2D eigenvalue weighted by Crippen LogP contribution is -2.35. The Bertz CT molecular complexity index is 416. The van der Waals surface area contributed by atoms with Gasteiger partial charge in [0.1, 0.15) is 6.10 Å². The minimum Gasteiger partial charge on any atom is -0.481 e. The van der Waals surface area contributed by atoms with Crippen LogP contribution in [0.15, 0.2) is 0 Å². The molecule has 1 saturated carbocycles. The van der Waals surface area contributed by atoms with Crippen LogP contribution >= 0.6 is 0 Å². The van der Waals surface area contributed by atoms with Crippen molar-refractivity contribution in [2.24, 2.45) is 23.7 Å². The standard InChI is InChI=1S/C22H40O4/c1-16(2)11-7-5-6-8-12-18(15-17(3)4)26-22(25)20-14-10-9-13-19(20)21(23)24/h16-20H,5-15H2,1-4H3,(H,23,24). The number of rotatable bonds is 12. The second-order valence-electron chi connectivity index (χ2n) is 8.91. The molecule has 26 heavy (non-hydrogen) atoms. The molecule has 3 unspecified atom stereocenters. The summed E-state index contributed by atoms with van der Waals surface area (Å²) in [5, 5.41) is 9.39. The third kappa shape index (κ3) is 9.05. The number of carbonyl (C=O) groups excluding carboxylic acids is 1. The highest BCUT2D eigenvalue weighted by Crippen LogP contribution is 2.32. The Morgan fingerprint density at radius 3 is 2.00 bits per heavy atom. The van der Waals surface area contributed by atoms with Crippen LogP contribution in [0.1, 0.15) is 98.3 Å². The quantitative estimate of drug-likeness (QED) is 0.347. The second kappa shape index (κ2) is 12.3. The van der Waals surface area contributed by atoms with Gasteiger partial charge in [0.15, 0.2) is 0 Å². The van der Waals surface area contributed by atoms with Gasteiger partial charge in [-0.3, -0.25) is 9.59 Å². The maximum Gasteiger partial charge on any atom is 0.310 e. The Balaban J connectivity index is 2.46. The van der Waals surface area contributed by atoms with Crippen molar-refractivity contribution in [3.63, 3.8) is 0 Å². The van der Waals surface area contributed by atoms with Crippen LogP contribution in [0.2, 0.25) is 0 Å². The van der Waals surface area contributed by atoms with E-state index in [1.165, 1.54) is 25.7 Å². The fourth-order valence-corrected chi connectivity index (χ4v) is 3.99. The summed E-state index contributed by atoms with van der Waals surface area (Å²) >= 11 is 0. The average molecular weight is 369 g/mol. The Labute approximate surface area is 160 Å². The second-order valence-corrected chi connectivity index (χ2v) is 8.91. The van der Waals surface area contributed by atoms with Gasteiger partial charge in [0, 0.05) is 0 Å². The van der Waals surface area contributed by atoms with Gasteiger partial charge in [0.25, 0.3) is 0 Å². The molecule has 0 saturated heterocycles. The van der Waals surface area contributed by atoms with Gasteiger partial charge in [-0.15, -0.1) is 0 Å². The number of hydrogen-bond donors (Lipinski definition) is 1. The summed E-state index contributed by atoms with van der Waals surface area (Å²) < 4.78 is 5.82. The molecule has 152 valence electrons. The topological polar surface area (TPSA) is 63.6 Å². The highest BCUT2D eigenvalue weighted by atomic mass is 16.5. The Morgan fingerprint density at radius 2 is 1.46 bits per heavy atom. The van der Waals surface area contributed by atoms with Crippen LogP contribution in [0.3, 0.4) is 0 Å². The van der Waals surface area contributed by atoms with Gasteiger partial charge in [0.2, 0.25) is 0 Å². The number of esters is 1. The lowest BCUT2D eigenvalue weighted by atomic mass is 9.79. The van der Waals surface area contributed by atoms with Crippen LogP contribution in [0.5, 0.6) is 0 Å². The van der Waals surface area contributed by atoms with Gasteiger partial charge in [0.05, 0.1) is 11.8 Å². The molecule has 1 rings (SSSR count). The summed E-state index contributed by atoms with van der Waals surface area (Å²) in [5.74, 6) is -0.911. The smallest absolute Gasteiger partial charge is 0.310 e. The number of aliphatic carboxylic acids is 1. The highest BCUT2D eigenvalue weighted by molar-refractivity contribution is 5.81. The van der Waals surface area contributed by atoms with Crippen LogP contribution in [-0.4, -0.2) is 23.1 Å². The summed E-state index contributed by atoms with van der Waals surface area (Å²) in [6.07, 6.45) is 10.8. The van der Waals surface area contributed by atoms with E-state index in [9.17, 15) is 14.7 Å². The monoisotopic (exact) mass is 368 g/mol. The fraction of sp³-hybridized carbons (Fsp3) is 0.909. The molecule has 0 bridgehead atoms. The number of carboxylic acids is 1. The molecule has 0 aliphatic heterocycles. The van der Waals surface area contributed by atoms with Crippen LogP contribution < -0.4 is 0 Å². The fourth-order valence-electron chi connectivity index (χ4n) is 3.99. The third-order valence-corrected chi connectivity index (χ3v) is 5.46. The molecule has 1 aliphatic carbocycles. The van der Waals surface area contributed by atoms with E-state index in [-0.39, 0.29) is 12.1 Å². The van der Waals surface area contributed by atoms with E-state index in [1.807, 2.05) is 0 Å². The van der Waals surface area contributed by atoms with Crippen LogP contribution in [0.4, 0.5) is 0 Å². The zero-order chi connectivity index (χ0) is 19.5. The summed E-state index contributed by atoms with van der Waals surface area (Å²) in [7, 11) is 0. The van der Waals surface area contributed by atoms with E-state index in [0.29, 0.717) is 18.8 Å². The van der Waals surface area contributed by atoms with Crippen LogP contribution in [0.25, 0.3) is 0 Å². The largest absolute Gasteiger partial charge is 0.481 e. The molecule has 1 fully saturated rings. The van der Waals surface area contributed by atoms with Crippen molar-refractivity contribution in [2.45, 2.75) is 104 Å². The summed E-state index contributed by atoms with van der Waals surface area (Å²) in [5.41, 5.74) is 0. The van der Waals surface area contributed by atoms with E-state index in [1.54, 1.807) is 0 Å². The molecule has 4 heteroatoms. The molecule has 1 N–H and O–H groups in total. The minimum absolute atomic E-state index is 0.0658. The molecule has 0 heterocycles. The van der Waals surface area contributed by atoms with Crippen molar-refractivity contribution in [1.82, 2.24) is 0 Å². The molecule has 1 aliphatic rings. The summed E-state index contributed by atoms with van der Waals surface area (Å²) in [4.78, 5) is 24.1. The number of carbonyl (C=O) groups is 2. The summed E-state index contributed by atoms with van der Waals surface area (Å²) in [6.45, 7) is 8.80.